The van der Waals surface area contributed by atoms with Crippen LogP contribution in [0.2, 0.25) is 0 Å². The lowest BCUT2D eigenvalue weighted by Crippen LogP contribution is -1.97. The predicted molar refractivity (Wildman–Crippen MR) is 44.0 cm³/mol. The molecular weight excluding hydrogens is 158 g/mol. The topological polar surface area (TPSA) is 30.7 Å². The first-order valence-corrected chi connectivity index (χ1v) is 4.16. The molecule has 56 valence electrons. The zero-order valence-corrected chi connectivity index (χ0v) is 6.88. The standard InChI is InChI=1S/C7H7N3S/c1-6-7(2-5-11-6)10-8-3-4-9-10/h2-5H,1H3. The number of thiophene rings is 1. The number of aryl methyl sites for hydroxylation is 1. The molecule has 3 nitrogen and oxygen atoms in total. The van der Waals surface area contributed by atoms with Crippen LogP contribution >= 0.6 is 11.3 Å². The molecule has 0 aliphatic rings. The van der Waals surface area contributed by atoms with E-state index in [0.717, 1.165) is 5.69 Å². The van der Waals surface area contributed by atoms with E-state index in [9.17, 15) is 0 Å². The Balaban J connectivity index is 2.53. The molecule has 0 atom stereocenters. The normalized spacial score (nSPS) is 10.3. The van der Waals surface area contributed by atoms with Crippen molar-refractivity contribution in [3.63, 3.8) is 0 Å². The third kappa shape index (κ3) is 1.05. The largest absolute Gasteiger partial charge is 0.157 e. The second kappa shape index (κ2) is 2.47. The number of aromatic nitrogens is 3. The Morgan fingerprint density at radius 2 is 2.09 bits per heavy atom. The van der Waals surface area contributed by atoms with Gasteiger partial charge in [-0.15, -0.1) is 11.3 Å². The number of nitrogens with zero attached hydrogens (tertiary/aromatic N) is 3. The van der Waals surface area contributed by atoms with Crippen molar-refractivity contribution in [2.24, 2.45) is 0 Å². The highest BCUT2D eigenvalue weighted by Crippen LogP contribution is 2.17. The van der Waals surface area contributed by atoms with Crippen LogP contribution < -0.4 is 0 Å². The highest BCUT2D eigenvalue weighted by molar-refractivity contribution is 7.10. The summed E-state index contributed by atoms with van der Waals surface area (Å²) in [5, 5.41) is 10.1. The molecule has 0 unspecified atom stereocenters. The fourth-order valence-corrected chi connectivity index (χ4v) is 1.60. The number of rotatable bonds is 1. The number of hydrogen-bond donors (Lipinski definition) is 0. The lowest BCUT2D eigenvalue weighted by molar-refractivity contribution is 0.751. The van der Waals surface area contributed by atoms with Gasteiger partial charge in [0.05, 0.1) is 18.1 Å². The molecular formula is C7H7N3S. The van der Waals surface area contributed by atoms with Crippen LogP contribution in [0.4, 0.5) is 0 Å². The van der Waals surface area contributed by atoms with E-state index in [-0.39, 0.29) is 0 Å². The molecule has 2 heterocycles. The molecule has 11 heavy (non-hydrogen) atoms. The Morgan fingerprint density at radius 1 is 1.36 bits per heavy atom. The van der Waals surface area contributed by atoms with Crippen LogP contribution in [0.25, 0.3) is 5.69 Å². The minimum absolute atomic E-state index is 1.07. The van der Waals surface area contributed by atoms with Crippen LogP contribution in [0.5, 0.6) is 0 Å². The van der Waals surface area contributed by atoms with Gasteiger partial charge in [0.1, 0.15) is 0 Å². The number of hydrogen-bond acceptors (Lipinski definition) is 3. The Hall–Kier alpha value is -1.16. The van der Waals surface area contributed by atoms with Gasteiger partial charge in [-0.3, -0.25) is 0 Å². The van der Waals surface area contributed by atoms with E-state index in [1.807, 2.05) is 11.4 Å². The first kappa shape index (κ1) is 6.54. The summed E-state index contributed by atoms with van der Waals surface area (Å²) in [5.41, 5.74) is 1.07. The van der Waals surface area contributed by atoms with Crippen molar-refractivity contribution in [2.75, 3.05) is 0 Å². The Morgan fingerprint density at radius 3 is 2.64 bits per heavy atom. The lowest BCUT2D eigenvalue weighted by Gasteiger charge is -1.94. The summed E-state index contributed by atoms with van der Waals surface area (Å²) < 4.78 is 0. The van der Waals surface area contributed by atoms with E-state index >= 15 is 0 Å². The van der Waals surface area contributed by atoms with Crippen LogP contribution in [-0.2, 0) is 0 Å². The van der Waals surface area contributed by atoms with Gasteiger partial charge in [-0.2, -0.15) is 15.0 Å². The van der Waals surface area contributed by atoms with Crippen molar-refractivity contribution >= 4 is 11.3 Å². The first-order valence-electron chi connectivity index (χ1n) is 3.29. The molecule has 0 radical (unpaired) electrons. The zero-order valence-electron chi connectivity index (χ0n) is 6.06. The highest BCUT2D eigenvalue weighted by atomic mass is 32.1. The molecule has 2 aromatic heterocycles. The molecule has 2 aromatic rings. The Bertz CT molecular complexity index is 336. The molecule has 0 saturated heterocycles. The van der Waals surface area contributed by atoms with Crippen molar-refractivity contribution < 1.29 is 0 Å². The summed E-state index contributed by atoms with van der Waals surface area (Å²) in [7, 11) is 0. The minimum atomic E-state index is 1.07. The monoisotopic (exact) mass is 165 g/mol. The molecule has 0 aromatic carbocycles. The first-order chi connectivity index (χ1) is 5.38. The van der Waals surface area contributed by atoms with Crippen molar-refractivity contribution in [2.45, 2.75) is 6.92 Å². The van der Waals surface area contributed by atoms with Gasteiger partial charge in [-0.05, 0) is 18.4 Å². The van der Waals surface area contributed by atoms with Crippen LogP contribution in [0.3, 0.4) is 0 Å². The van der Waals surface area contributed by atoms with Crippen molar-refractivity contribution in [3.8, 4) is 5.69 Å². The zero-order chi connectivity index (χ0) is 7.68. The molecule has 0 saturated carbocycles. The van der Waals surface area contributed by atoms with Crippen LogP contribution in [0.1, 0.15) is 4.88 Å². The average Bonchev–Trinajstić information content (AvgIpc) is 2.55. The summed E-state index contributed by atoms with van der Waals surface area (Å²) in [6, 6.07) is 2.01. The maximum Gasteiger partial charge on any atom is 0.0992 e. The molecule has 0 N–H and O–H groups in total. The summed E-state index contributed by atoms with van der Waals surface area (Å²) in [6.45, 7) is 2.06. The molecule has 0 spiro atoms. The van der Waals surface area contributed by atoms with E-state index in [2.05, 4.69) is 17.1 Å². The molecule has 4 heteroatoms. The van der Waals surface area contributed by atoms with Crippen LogP contribution in [0.15, 0.2) is 23.8 Å². The molecule has 0 aliphatic heterocycles. The fraction of sp³-hybridized carbons (Fsp3) is 0.143. The Labute approximate surface area is 68.3 Å². The van der Waals surface area contributed by atoms with Gasteiger partial charge in [0.25, 0.3) is 0 Å². The van der Waals surface area contributed by atoms with E-state index in [4.69, 9.17) is 0 Å². The van der Waals surface area contributed by atoms with Gasteiger partial charge < -0.3 is 0 Å². The van der Waals surface area contributed by atoms with Gasteiger partial charge in [0.15, 0.2) is 0 Å². The second-order valence-electron chi connectivity index (χ2n) is 2.18. The van der Waals surface area contributed by atoms with Crippen molar-refractivity contribution in [1.82, 2.24) is 15.0 Å². The molecule has 0 amide bonds. The molecule has 2 rings (SSSR count). The molecule has 0 fully saturated rings. The quantitative estimate of drug-likeness (QED) is 0.643. The highest BCUT2D eigenvalue weighted by Gasteiger charge is 2.01. The van der Waals surface area contributed by atoms with Crippen LogP contribution in [0, 0.1) is 6.92 Å². The second-order valence-corrected chi connectivity index (χ2v) is 3.30. The molecule has 0 bridgehead atoms. The fourth-order valence-electron chi connectivity index (χ4n) is 0.926. The van der Waals surface area contributed by atoms with Gasteiger partial charge in [-0.1, -0.05) is 0 Å². The maximum atomic E-state index is 4.03. The Kier molecular flexibility index (Phi) is 1.47. The average molecular weight is 165 g/mol. The molecule has 0 aliphatic carbocycles. The lowest BCUT2D eigenvalue weighted by atomic mass is 10.4. The minimum Gasteiger partial charge on any atom is -0.157 e. The third-order valence-electron chi connectivity index (χ3n) is 1.47. The van der Waals surface area contributed by atoms with Gasteiger partial charge in [-0.25, -0.2) is 0 Å². The van der Waals surface area contributed by atoms with Crippen LogP contribution in [-0.4, -0.2) is 15.0 Å². The smallest absolute Gasteiger partial charge is 0.0992 e. The van der Waals surface area contributed by atoms with Gasteiger partial charge in [0.2, 0.25) is 0 Å². The van der Waals surface area contributed by atoms with Crippen molar-refractivity contribution in [3.05, 3.63) is 28.7 Å². The third-order valence-corrected chi connectivity index (χ3v) is 2.30. The summed E-state index contributed by atoms with van der Waals surface area (Å²) in [5.74, 6) is 0. The maximum absolute atomic E-state index is 4.03. The van der Waals surface area contributed by atoms with E-state index in [0.29, 0.717) is 0 Å². The summed E-state index contributed by atoms with van der Waals surface area (Å²) >= 11 is 1.70. The van der Waals surface area contributed by atoms with Crippen molar-refractivity contribution in [1.29, 1.82) is 0 Å². The summed E-state index contributed by atoms with van der Waals surface area (Å²) in [6.07, 6.45) is 3.36. The van der Waals surface area contributed by atoms with E-state index < -0.39 is 0 Å². The SMILES string of the molecule is Cc1sccc1-n1nccn1. The summed E-state index contributed by atoms with van der Waals surface area (Å²) in [4.78, 5) is 2.87. The van der Waals surface area contributed by atoms with Gasteiger partial charge in [0, 0.05) is 4.88 Å². The predicted octanol–water partition coefficient (Wildman–Crippen LogP) is 1.64. The van der Waals surface area contributed by atoms with Gasteiger partial charge >= 0.3 is 0 Å². The van der Waals surface area contributed by atoms with E-state index in [1.54, 1.807) is 28.5 Å². The van der Waals surface area contributed by atoms with E-state index in [1.165, 1.54) is 4.88 Å².